The van der Waals surface area contributed by atoms with Crippen molar-refractivity contribution in [3.63, 3.8) is 0 Å². The van der Waals surface area contributed by atoms with Crippen LogP contribution in [0.25, 0.3) is 5.57 Å². The monoisotopic (exact) mass is 1480 g/mol. The first-order chi connectivity index (χ1) is 48.9. The lowest BCUT2D eigenvalue weighted by atomic mass is 9.71. The number of thioether (sulfide) groups is 1. The Bertz CT molecular complexity index is 4210. The molecule has 544 valence electrons. The Morgan fingerprint density at radius 3 is 2.22 bits per heavy atom. The molecule has 12 rings (SSSR count). The van der Waals surface area contributed by atoms with Gasteiger partial charge in [0, 0.05) is 175 Å². The number of nitrogens with zero attached hydrogens (tertiary/aromatic N) is 8. The summed E-state index contributed by atoms with van der Waals surface area (Å²) in [7, 11) is -11.0. The number of anilines is 2. The van der Waals surface area contributed by atoms with Crippen LogP contribution < -0.4 is 20.3 Å². The summed E-state index contributed by atoms with van der Waals surface area (Å²) in [6.07, 6.45) is 4.57. The molecule has 0 aromatic heterocycles. The number of hydrogen-bond acceptors (Lipinski definition) is 18. The predicted molar refractivity (Wildman–Crippen MR) is 386 cm³/mol. The minimum absolute atomic E-state index is 0.00637. The molecule has 5 fully saturated rings. The quantitative estimate of drug-likeness (QED) is 0.0342. The number of benzene rings is 5. The Hall–Kier alpha value is -7.36. The smallest absolute Gasteiger partial charge is 0.380 e. The van der Waals surface area contributed by atoms with Crippen molar-refractivity contribution in [1.29, 1.82) is 0 Å². The number of piperazine rings is 3. The molecule has 21 nitrogen and oxygen atoms in total. The number of fused-ring (bicyclic) bond motifs is 1. The van der Waals surface area contributed by atoms with Crippen LogP contribution in [0.5, 0.6) is 0 Å². The summed E-state index contributed by atoms with van der Waals surface area (Å²) in [4.78, 5) is 80.9. The molecule has 0 radical (unpaired) electrons. The van der Waals surface area contributed by atoms with Gasteiger partial charge in [-0.3, -0.25) is 48.9 Å². The molecular weight excluding hydrogens is 1390 g/mol. The molecule has 3 atom stereocenters. The lowest BCUT2D eigenvalue weighted by Gasteiger charge is -2.44. The van der Waals surface area contributed by atoms with Gasteiger partial charge in [0.25, 0.3) is 31.7 Å². The molecule has 1 aliphatic carbocycles. The van der Waals surface area contributed by atoms with Crippen molar-refractivity contribution in [2.75, 3.05) is 154 Å². The Kier molecular flexibility index (Phi) is 23.9. The van der Waals surface area contributed by atoms with E-state index < -0.39 is 64.7 Å². The van der Waals surface area contributed by atoms with Gasteiger partial charge in [0.05, 0.1) is 30.3 Å². The highest BCUT2D eigenvalue weighted by atomic mass is 35.5. The minimum Gasteiger partial charge on any atom is -0.380 e. The predicted octanol–water partition coefficient (Wildman–Crippen LogP) is 7.78. The van der Waals surface area contributed by atoms with E-state index in [1.165, 1.54) is 39.9 Å². The van der Waals surface area contributed by atoms with E-state index in [4.69, 9.17) is 16.3 Å². The van der Waals surface area contributed by atoms with Gasteiger partial charge < -0.3 is 29.7 Å². The number of imide groups is 1. The fourth-order valence-electron chi connectivity index (χ4n) is 14.7. The van der Waals surface area contributed by atoms with Gasteiger partial charge in [-0.15, -0.1) is 11.8 Å². The zero-order chi connectivity index (χ0) is 71.8. The highest BCUT2D eigenvalue weighted by Gasteiger charge is 2.49. The third-order valence-corrected chi connectivity index (χ3v) is 24.8. The summed E-state index contributed by atoms with van der Waals surface area (Å²) >= 11 is 7.84. The van der Waals surface area contributed by atoms with Crippen molar-refractivity contribution in [3.05, 3.63) is 154 Å². The van der Waals surface area contributed by atoms with E-state index in [2.05, 4.69) is 70.9 Å². The molecule has 28 heteroatoms. The Balaban J connectivity index is 0.607. The second-order valence-electron chi connectivity index (χ2n) is 27.8. The molecule has 0 bridgehead atoms. The van der Waals surface area contributed by atoms with Crippen LogP contribution in [-0.2, 0) is 45.5 Å². The van der Waals surface area contributed by atoms with Crippen LogP contribution >= 0.6 is 23.4 Å². The van der Waals surface area contributed by atoms with Crippen molar-refractivity contribution in [3.8, 4) is 11.8 Å². The van der Waals surface area contributed by atoms with Crippen LogP contribution in [-0.4, -0.2) is 242 Å². The van der Waals surface area contributed by atoms with E-state index >= 15 is 0 Å². The van der Waals surface area contributed by atoms with Gasteiger partial charge in [0.2, 0.25) is 17.7 Å². The average Bonchev–Trinajstić information content (AvgIpc) is 0.970. The highest BCUT2D eigenvalue weighted by Crippen LogP contribution is 2.45. The topological polar surface area (TPSA) is 225 Å². The standard InChI is InChI=1S/C74H87ClF3N11O10S3/c1-73(52-86-36-40-88(41-37-86)69(91)50-85-32-30-83(31-33-85)27-5-7-53-10-20-64-56(45-53)49-89(72(64)94)66-22-23-68(90)80-71(66)93)26-24-63(54-11-15-58(75)16-12-54)57(47-73)48-84-34-38-87(39-35-84)60-17-13-55(14-18-60)70(92)81-102(97,98)62-19-21-65(67(46-62)101(95,96)74(76,77)78)79-59(51-100-61-8-3-2-4-9-61)25-29-82-28-6-43-99-44-42-82/h2-4,8-21,45-46,59,66,79H,6,22-44,47-52H2,1H3,(H,81,92)(H,80,90,93)/t59-,66?,73-/m1/s1. The number of allylic oxidation sites excluding steroid dienone is 1. The normalized spacial score (nSPS) is 21.4. The Morgan fingerprint density at radius 2 is 1.49 bits per heavy atom. The number of piperidine rings is 1. The zero-order valence-electron chi connectivity index (χ0n) is 57.2. The lowest BCUT2D eigenvalue weighted by Crippen LogP contribution is -2.55. The molecule has 6 aliphatic heterocycles. The average molecular weight is 1480 g/mol. The summed E-state index contributed by atoms with van der Waals surface area (Å²) in [6.45, 7) is 17.3. The highest BCUT2D eigenvalue weighted by molar-refractivity contribution is 7.99. The van der Waals surface area contributed by atoms with Gasteiger partial charge in [-0.25, -0.2) is 21.6 Å². The van der Waals surface area contributed by atoms with Gasteiger partial charge in [-0.2, -0.15) is 13.2 Å². The number of carbonyl (C=O) groups is 5. The van der Waals surface area contributed by atoms with Gasteiger partial charge in [-0.05, 0) is 146 Å². The number of hydrogen-bond donors (Lipinski definition) is 3. The first kappa shape index (κ1) is 74.4. The molecule has 5 saturated heterocycles. The zero-order valence-corrected chi connectivity index (χ0v) is 60.4. The Labute approximate surface area is 604 Å². The van der Waals surface area contributed by atoms with Crippen molar-refractivity contribution in [2.24, 2.45) is 5.41 Å². The second-order valence-corrected chi connectivity index (χ2v) is 32.9. The first-order valence-corrected chi connectivity index (χ1v) is 39.3. The van der Waals surface area contributed by atoms with Gasteiger partial charge >= 0.3 is 5.51 Å². The fourth-order valence-corrected chi connectivity index (χ4v) is 17.9. The summed E-state index contributed by atoms with van der Waals surface area (Å²) in [5.41, 5.74) is 0.649. The maximum atomic E-state index is 14.4. The molecule has 6 heterocycles. The molecular formula is C74H87ClF3N11O10S3. The Morgan fingerprint density at radius 1 is 0.775 bits per heavy atom. The number of amides is 5. The first-order valence-electron chi connectivity index (χ1n) is 35.0. The third kappa shape index (κ3) is 18.6. The number of rotatable bonds is 22. The van der Waals surface area contributed by atoms with Crippen LogP contribution in [0.4, 0.5) is 24.5 Å². The number of sulfonamides is 1. The number of halogens is 4. The largest absolute Gasteiger partial charge is 0.501 e. The van der Waals surface area contributed by atoms with Gasteiger partial charge in [0.15, 0.2) is 0 Å². The fraction of sp³-hybridized carbons (Fsp3) is 0.473. The van der Waals surface area contributed by atoms with Crippen molar-refractivity contribution in [2.45, 2.75) is 90.7 Å². The van der Waals surface area contributed by atoms with Crippen LogP contribution in [0, 0.1) is 17.3 Å². The lowest BCUT2D eigenvalue weighted by molar-refractivity contribution is -0.137. The molecule has 3 N–H and O–H groups in total. The molecule has 0 saturated carbocycles. The van der Waals surface area contributed by atoms with E-state index in [1.807, 2.05) is 64.2 Å². The number of carbonyl (C=O) groups excluding carboxylic acids is 5. The number of nitrogens with one attached hydrogen (secondary N) is 3. The number of alkyl halides is 3. The van der Waals surface area contributed by atoms with Crippen LogP contribution in [0.1, 0.15) is 89.3 Å². The minimum atomic E-state index is -6.11. The summed E-state index contributed by atoms with van der Waals surface area (Å²) in [6, 6.07) is 30.6. The van der Waals surface area contributed by atoms with Gasteiger partial charge in [-0.1, -0.05) is 66.3 Å². The summed E-state index contributed by atoms with van der Waals surface area (Å²) in [5.74, 6) is 5.02. The molecule has 7 aliphatic rings. The SMILES string of the molecule is C[C@@]1(CN2CCN(C(=O)CN3CCN(CC#Cc4ccc5c(c4)CN(C4CCC(=O)NC4=O)C5=O)CC3)CC2)CCC(c2ccc(Cl)cc2)=C(CN2CCN(c3ccc(C(=O)NS(=O)(=O)c4ccc(N[C@H](CCN5CCCOCC5)CSc5ccccc5)c(S(=O)(=O)C(F)(F)F)c4)cc3)CC2)C1. The maximum Gasteiger partial charge on any atom is 0.501 e. The number of sulfone groups is 1. The third-order valence-electron chi connectivity index (χ3n) is 20.5. The summed E-state index contributed by atoms with van der Waals surface area (Å²) < 4.78 is 105. The molecule has 102 heavy (non-hydrogen) atoms. The molecule has 5 amide bonds. The molecule has 1 unspecified atom stereocenters. The van der Waals surface area contributed by atoms with Gasteiger partial charge in [0.1, 0.15) is 10.9 Å². The van der Waals surface area contributed by atoms with E-state index in [0.717, 1.165) is 137 Å². The number of ether oxygens (including phenoxy) is 1. The van der Waals surface area contributed by atoms with E-state index in [1.54, 1.807) is 18.2 Å². The van der Waals surface area contributed by atoms with Crippen LogP contribution in [0.2, 0.25) is 5.02 Å². The second kappa shape index (κ2) is 32.8. The molecule has 5 aromatic rings. The molecule has 0 spiro atoms. The maximum absolute atomic E-state index is 14.4. The van der Waals surface area contributed by atoms with Crippen molar-refractivity contribution < 1.29 is 58.7 Å². The summed E-state index contributed by atoms with van der Waals surface area (Å²) in [5, 5.41) is 6.04. The van der Waals surface area contributed by atoms with E-state index in [9.17, 15) is 54.0 Å². The van der Waals surface area contributed by atoms with Crippen LogP contribution in [0.15, 0.2) is 136 Å². The van der Waals surface area contributed by atoms with E-state index in [0.29, 0.717) is 107 Å². The van der Waals surface area contributed by atoms with E-state index in [-0.39, 0.29) is 35.1 Å². The van der Waals surface area contributed by atoms with Crippen molar-refractivity contribution in [1.82, 2.24) is 44.3 Å². The molecule has 5 aromatic carbocycles. The van der Waals surface area contributed by atoms with Crippen molar-refractivity contribution >= 4 is 89.7 Å². The van der Waals surface area contributed by atoms with Crippen LogP contribution in [0.3, 0.4) is 0 Å².